The van der Waals surface area contributed by atoms with Crippen LogP contribution in [-0.2, 0) is 6.54 Å². The van der Waals surface area contributed by atoms with Gasteiger partial charge < -0.3 is 19.5 Å². The lowest BCUT2D eigenvalue weighted by Gasteiger charge is -2.45. The molecule has 2 aliphatic rings. The lowest BCUT2D eigenvalue weighted by molar-refractivity contribution is -0.274. The van der Waals surface area contributed by atoms with E-state index < -0.39 is 35.8 Å². The Morgan fingerprint density at radius 2 is 2.07 bits per heavy atom. The van der Waals surface area contributed by atoms with Crippen molar-refractivity contribution in [2.24, 2.45) is 0 Å². The minimum atomic E-state index is -4.86. The lowest BCUT2D eigenvalue weighted by atomic mass is 9.85. The molecule has 2 aromatic rings. The first kappa shape index (κ1) is 18.5. The summed E-state index contributed by atoms with van der Waals surface area (Å²) in [6.45, 7) is 3.49. The molecule has 148 valence electrons. The van der Waals surface area contributed by atoms with Crippen LogP contribution < -0.4 is 9.47 Å². The summed E-state index contributed by atoms with van der Waals surface area (Å²) in [5, 5.41) is 10.9. The van der Waals surface area contributed by atoms with Gasteiger partial charge in [-0.2, -0.15) is 0 Å². The zero-order valence-electron chi connectivity index (χ0n) is 15.0. The van der Waals surface area contributed by atoms with Gasteiger partial charge in [0.05, 0.1) is 6.04 Å². The Morgan fingerprint density at radius 1 is 1.32 bits per heavy atom. The van der Waals surface area contributed by atoms with Gasteiger partial charge in [0.25, 0.3) is 5.91 Å². The largest absolute Gasteiger partial charge is 0.573 e. The molecule has 2 atom stereocenters. The quantitative estimate of drug-likeness (QED) is 0.847. The normalized spacial score (nSPS) is 23.1. The Labute approximate surface area is 158 Å². The number of hydrogen-bond acceptors (Lipinski definition) is 5. The second-order valence-electron chi connectivity index (χ2n) is 7.29. The van der Waals surface area contributed by atoms with Gasteiger partial charge in [-0.3, -0.25) is 9.78 Å². The maximum atomic E-state index is 12.9. The molecule has 1 N–H and O–H groups in total. The van der Waals surface area contributed by atoms with Crippen LogP contribution in [0.15, 0.2) is 36.5 Å². The average molecular weight is 394 g/mol. The summed E-state index contributed by atoms with van der Waals surface area (Å²) < 4.78 is 47.7. The van der Waals surface area contributed by atoms with E-state index in [-0.39, 0.29) is 23.6 Å². The number of carbonyl (C=O) groups excluding carboxylic acids is 1. The summed E-state index contributed by atoms with van der Waals surface area (Å²) in [6.07, 6.45) is -4.55. The van der Waals surface area contributed by atoms with E-state index in [9.17, 15) is 23.1 Å². The van der Waals surface area contributed by atoms with Crippen molar-refractivity contribution in [1.82, 2.24) is 9.88 Å². The molecule has 0 radical (unpaired) electrons. The minimum Gasteiger partial charge on any atom is -0.485 e. The second kappa shape index (κ2) is 6.10. The summed E-state index contributed by atoms with van der Waals surface area (Å²) in [5.41, 5.74) is 0.137. The summed E-state index contributed by atoms with van der Waals surface area (Å²) >= 11 is 0. The minimum absolute atomic E-state index is 0.184. The molecule has 0 saturated heterocycles. The van der Waals surface area contributed by atoms with Crippen LogP contribution in [0.1, 0.15) is 41.5 Å². The SMILES string of the molecule is CC1(C)Oc2ccc(OC(F)(F)F)cc2C(N2Cc3cccnc3C2=O)C1O. The number of pyridine rings is 1. The molecule has 0 fully saturated rings. The molecule has 9 heteroatoms. The molecule has 2 aliphatic heterocycles. The fraction of sp³-hybridized carbons (Fsp3) is 0.368. The van der Waals surface area contributed by atoms with E-state index in [0.29, 0.717) is 5.56 Å². The zero-order chi connectivity index (χ0) is 20.3. The van der Waals surface area contributed by atoms with Crippen LogP contribution in [0.5, 0.6) is 11.5 Å². The molecule has 3 heterocycles. The van der Waals surface area contributed by atoms with Crippen molar-refractivity contribution in [3.05, 3.63) is 53.3 Å². The predicted octanol–water partition coefficient (Wildman–Crippen LogP) is 3.21. The van der Waals surface area contributed by atoms with Crippen molar-refractivity contribution >= 4 is 5.91 Å². The van der Waals surface area contributed by atoms with E-state index in [4.69, 9.17) is 4.74 Å². The number of fused-ring (bicyclic) bond motifs is 2. The number of aliphatic hydroxyl groups is 1. The summed E-state index contributed by atoms with van der Waals surface area (Å²) in [6, 6.07) is 6.17. The van der Waals surface area contributed by atoms with Gasteiger partial charge in [0.15, 0.2) is 0 Å². The van der Waals surface area contributed by atoms with Crippen LogP contribution in [0.3, 0.4) is 0 Å². The summed E-state index contributed by atoms with van der Waals surface area (Å²) in [5.74, 6) is -0.564. The molecule has 0 bridgehead atoms. The third-order valence-corrected chi connectivity index (χ3v) is 4.95. The average Bonchev–Trinajstić information content (AvgIpc) is 2.92. The summed E-state index contributed by atoms with van der Waals surface area (Å²) in [4.78, 5) is 18.4. The van der Waals surface area contributed by atoms with Crippen molar-refractivity contribution in [2.45, 2.75) is 44.5 Å². The Morgan fingerprint density at radius 3 is 2.75 bits per heavy atom. The number of rotatable bonds is 2. The molecule has 4 rings (SSSR count). The third kappa shape index (κ3) is 3.05. The van der Waals surface area contributed by atoms with E-state index in [1.165, 1.54) is 17.2 Å². The molecule has 1 aromatic carbocycles. The standard InChI is InChI=1S/C19H17F3N2O4/c1-18(2)16(25)15(24-9-10-4-3-7-23-14(10)17(24)26)12-8-11(27-19(20,21)22)5-6-13(12)28-18/h3-8,15-16,25H,9H2,1-2H3. The predicted molar refractivity (Wildman–Crippen MR) is 90.7 cm³/mol. The van der Waals surface area contributed by atoms with Gasteiger partial charge in [-0.1, -0.05) is 6.07 Å². The highest BCUT2D eigenvalue weighted by Crippen LogP contribution is 2.46. The number of halogens is 3. The van der Waals surface area contributed by atoms with Gasteiger partial charge in [-0.25, -0.2) is 0 Å². The van der Waals surface area contributed by atoms with Crippen LogP contribution in [0.25, 0.3) is 0 Å². The zero-order valence-corrected chi connectivity index (χ0v) is 15.0. The Kier molecular flexibility index (Phi) is 4.04. The number of nitrogens with zero attached hydrogens (tertiary/aromatic N) is 2. The fourth-order valence-electron chi connectivity index (χ4n) is 3.65. The van der Waals surface area contributed by atoms with Gasteiger partial charge in [-0.05, 0) is 38.1 Å². The highest BCUT2D eigenvalue weighted by molar-refractivity contribution is 5.96. The Bertz CT molecular complexity index is 945. The molecule has 6 nitrogen and oxygen atoms in total. The van der Waals surface area contributed by atoms with Gasteiger partial charge in [-0.15, -0.1) is 13.2 Å². The second-order valence-corrected chi connectivity index (χ2v) is 7.29. The maximum absolute atomic E-state index is 12.9. The van der Waals surface area contributed by atoms with E-state index >= 15 is 0 Å². The van der Waals surface area contributed by atoms with E-state index in [1.807, 2.05) is 0 Å². The highest BCUT2D eigenvalue weighted by atomic mass is 19.4. The first-order chi connectivity index (χ1) is 13.1. The molecular formula is C19H17F3N2O4. The van der Waals surface area contributed by atoms with Gasteiger partial charge in [0.1, 0.15) is 28.9 Å². The molecule has 28 heavy (non-hydrogen) atoms. The van der Waals surface area contributed by atoms with Crippen LogP contribution in [0, 0.1) is 0 Å². The molecule has 0 saturated carbocycles. The first-order valence-corrected chi connectivity index (χ1v) is 8.58. The molecule has 1 aromatic heterocycles. The molecule has 0 spiro atoms. The topological polar surface area (TPSA) is 71.9 Å². The number of aromatic nitrogens is 1. The maximum Gasteiger partial charge on any atom is 0.573 e. The van der Waals surface area contributed by atoms with Gasteiger partial charge >= 0.3 is 6.36 Å². The number of amides is 1. The van der Waals surface area contributed by atoms with Crippen molar-refractivity contribution in [1.29, 1.82) is 0 Å². The molecule has 1 amide bonds. The van der Waals surface area contributed by atoms with Crippen molar-refractivity contribution in [2.75, 3.05) is 0 Å². The summed E-state index contributed by atoms with van der Waals surface area (Å²) in [7, 11) is 0. The lowest BCUT2D eigenvalue weighted by Crippen LogP contribution is -2.53. The van der Waals surface area contributed by atoms with Crippen LogP contribution in [-0.4, -0.2) is 39.0 Å². The number of carbonyl (C=O) groups is 1. The van der Waals surface area contributed by atoms with E-state index in [0.717, 1.165) is 12.1 Å². The van der Waals surface area contributed by atoms with Crippen molar-refractivity contribution in [3.63, 3.8) is 0 Å². The number of benzene rings is 1. The number of aliphatic hydroxyl groups excluding tert-OH is 1. The Hall–Kier alpha value is -2.81. The molecule has 0 aliphatic carbocycles. The van der Waals surface area contributed by atoms with Crippen molar-refractivity contribution in [3.8, 4) is 11.5 Å². The monoisotopic (exact) mass is 394 g/mol. The number of ether oxygens (including phenoxy) is 2. The third-order valence-electron chi connectivity index (χ3n) is 4.95. The highest BCUT2D eigenvalue weighted by Gasteiger charge is 2.49. The van der Waals surface area contributed by atoms with Gasteiger partial charge in [0, 0.05) is 23.9 Å². The van der Waals surface area contributed by atoms with E-state index in [1.54, 1.807) is 26.0 Å². The van der Waals surface area contributed by atoms with Gasteiger partial charge in [0.2, 0.25) is 0 Å². The first-order valence-electron chi connectivity index (χ1n) is 8.58. The molecular weight excluding hydrogens is 377 g/mol. The van der Waals surface area contributed by atoms with Crippen LogP contribution in [0.2, 0.25) is 0 Å². The van der Waals surface area contributed by atoms with Crippen LogP contribution in [0.4, 0.5) is 13.2 Å². The number of alkyl halides is 3. The van der Waals surface area contributed by atoms with Crippen LogP contribution >= 0.6 is 0 Å². The molecule has 2 unspecified atom stereocenters. The van der Waals surface area contributed by atoms with Crippen molar-refractivity contribution < 1.29 is 32.5 Å². The Balaban J connectivity index is 1.79. The fourth-order valence-corrected chi connectivity index (χ4v) is 3.65. The number of hydrogen-bond donors (Lipinski definition) is 1. The van der Waals surface area contributed by atoms with E-state index in [2.05, 4.69) is 9.72 Å². The smallest absolute Gasteiger partial charge is 0.485 e.